The molecule has 0 aliphatic carbocycles. The Balaban J connectivity index is 2.21. The van der Waals surface area contributed by atoms with E-state index in [1.165, 1.54) is 6.33 Å². The Morgan fingerprint density at radius 1 is 1.28 bits per heavy atom. The van der Waals surface area contributed by atoms with Crippen LogP contribution < -0.4 is 0 Å². The van der Waals surface area contributed by atoms with Crippen LogP contribution in [-0.4, -0.2) is 31.4 Å². The first-order valence-electron chi connectivity index (χ1n) is 5.53. The molecule has 0 saturated carbocycles. The summed E-state index contributed by atoms with van der Waals surface area (Å²) in [6.45, 7) is 1.79. The molecule has 0 spiro atoms. The first-order valence-corrected chi connectivity index (χ1v) is 5.53. The first kappa shape index (κ1) is 10.6. The van der Waals surface area contributed by atoms with E-state index in [9.17, 15) is 5.21 Å². The Labute approximate surface area is 103 Å². The van der Waals surface area contributed by atoms with Gasteiger partial charge in [0.1, 0.15) is 18.1 Å². The predicted octanol–water partition coefficient (Wildman–Crippen LogP) is 1.80. The zero-order valence-corrected chi connectivity index (χ0v) is 9.72. The van der Waals surface area contributed by atoms with Crippen molar-refractivity contribution in [3.8, 4) is 0 Å². The van der Waals surface area contributed by atoms with E-state index in [2.05, 4.69) is 20.2 Å². The topological polar surface area (TPSA) is 75.7 Å². The molecule has 6 heteroatoms. The summed E-state index contributed by atoms with van der Waals surface area (Å²) in [6, 6.07) is 9.43. The van der Waals surface area contributed by atoms with Crippen molar-refractivity contribution in [3.63, 3.8) is 0 Å². The zero-order valence-electron chi connectivity index (χ0n) is 9.72. The van der Waals surface area contributed by atoms with Gasteiger partial charge in [-0.25, -0.2) is 9.67 Å². The zero-order chi connectivity index (χ0) is 12.5. The van der Waals surface area contributed by atoms with Gasteiger partial charge in [-0.1, -0.05) is 35.5 Å². The number of benzene rings is 1. The Hall–Kier alpha value is -2.50. The van der Waals surface area contributed by atoms with Gasteiger partial charge in [0.25, 0.3) is 0 Å². The van der Waals surface area contributed by atoms with Crippen LogP contribution in [0.3, 0.4) is 0 Å². The highest BCUT2D eigenvalue weighted by Gasteiger charge is 2.30. The van der Waals surface area contributed by atoms with E-state index < -0.39 is 0 Å². The largest absolute Gasteiger partial charge is 0.411 e. The van der Waals surface area contributed by atoms with Crippen LogP contribution in [0, 0.1) is 0 Å². The number of aromatic nitrogens is 3. The van der Waals surface area contributed by atoms with Crippen molar-refractivity contribution in [2.24, 2.45) is 10.1 Å². The summed E-state index contributed by atoms with van der Waals surface area (Å²) in [5, 5.41) is 16.7. The van der Waals surface area contributed by atoms with E-state index in [0.29, 0.717) is 17.4 Å². The summed E-state index contributed by atoms with van der Waals surface area (Å²) >= 11 is 0. The Morgan fingerprint density at radius 3 is 2.78 bits per heavy atom. The smallest absolute Gasteiger partial charge is 0.249 e. The molecule has 1 aliphatic heterocycles. The summed E-state index contributed by atoms with van der Waals surface area (Å²) in [7, 11) is 0. The number of hydrogen-bond donors (Lipinski definition) is 1. The Bertz CT molecular complexity index is 629. The highest BCUT2D eigenvalue weighted by atomic mass is 16.4. The molecule has 2 aromatic rings. The molecule has 3 rings (SSSR count). The van der Waals surface area contributed by atoms with Gasteiger partial charge in [0.15, 0.2) is 0 Å². The number of hydrogen-bond acceptors (Lipinski definition) is 5. The molecule has 0 amide bonds. The van der Waals surface area contributed by atoms with Gasteiger partial charge < -0.3 is 5.21 Å². The van der Waals surface area contributed by atoms with Crippen LogP contribution in [0.15, 0.2) is 46.8 Å². The van der Waals surface area contributed by atoms with Gasteiger partial charge >= 0.3 is 0 Å². The summed E-state index contributed by atoms with van der Waals surface area (Å²) < 4.78 is 1.65. The molecule has 1 aromatic heterocycles. The minimum absolute atomic E-state index is 0.286. The van der Waals surface area contributed by atoms with E-state index in [0.717, 1.165) is 5.56 Å². The molecular formula is C12H11N5O. The van der Waals surface area contributed by atoms with E-state index in [-0.39, 0.29) is 6.04 Å². The lowest BCUT2D eigenvalue weighted by atomic mass is 9.98. The number of aliphatic imine (C=N–C) groups is 1. The molecule has 0 bridgehead atoms. The van der Waals surface area contributed by atoms with E-state index in [4.69, 9.17) is 0 Å². The van der Waals surface area contributed by atoms with Crippen LogP contribution in [0.4, 0.5) is 5.95 Å². The quantitative estimate of drug-likeness (QED) is 0.611. The maximum Gasteiger partial charge on any atom is 0.249 e. The minimum atomic E-state index is -0.286. The number of fused-ring (bicyclic) bond motifs is 1. The highest BCUT2D eigenvalue weighted by Crippen LogP contribution is 2.28. The lowest BCUT2D eigenvalue weighted by Gasteiger charge is -2.23. The molecule has 18 heavy (non-hydrogen) atoms. The van der Waals surface area contributed by atoms with E-state index in [1.807, 2.05) is 30.3 Å². The molecule has 90 valence electrons. The van der Waals surface area contributed by atoms with Crippen molar-refractivity contribution >= 4 is 17.4 Å². The third-order valence-corrected chi connectivity index (χ3v) is 2.92. The standard InChI is InChI=1S/C12H11N5O/c1-8-10(16-18)11(9-5-3-2-4-6-9)17-12(15-8)13-7-14-17/h2-7,11,18H,1H3/b16-10+. The minimum Gasteiger partial charge on any atom is -0.411 e. The Morgan fingerprint density at radius 2 is 2.06 bits per heavy atom. The van der Waals surface area contributed by atoms with E-state index >= 15 is 0 Å². The molecule has 1 aliphatic rings. The van der Waals surface area contributed by atoms with Gasteiger partial charge in [-0.3, -0.25) is 0 Å². The first-order chi connectivity index (χ1) is 8.81. The molecule has 0 saturated heterocycles. The average Bonchev–Trinajstić information content (AvgIpc) is 2.85. The van der Waals surface area contributed by atoms with Gasteiger partial charge in [-0.05, 0) is 12.5 Å². The molecule has 0 fully saturated rings. The lowest BCUT2D eigenvalue weighted by molar-refractivity contribution is 0.316. The summed E-state index contributed by atoms with van der Waals surface area (Å²) in [6.07, 6.45) is 1.45. The van der Waals surface area contributed by atoms with Crippen molar-refractivity contribution in [1.29, 1.82) is 0 Å². The second-order valence-electron chi connectivity index (χ2n) is 4.00. The van der Waals surface area contributed by atoms with Gasteiger partial charge in [0.05, 0.1) is 5.71 Å². The maximum absolute atomic E-state index is 9.20. The van der Waals surface area contributed by atoms with Crippen LogP contribution in [-0.2, 0) is 0 Å². The second-order valence-corrected chi connectivity index (χ2v) is 4.00. The summed E-state index contributed by atoms with van der Waals surface area (Å²) in [4.78, 5) is 8.33. The fourth-order valence-electron chi connectivity index (χ4n) is 2.09. The third-order valence-electron chi connectivity index (χ3n) is 2.92. The third kappa shape index (κ3) is 1.50. The van der Waals surface area contributed by atoms with Crippen molar-refractivity contribution in [2.75, 3.05) is 0 Å². The summed E-state index contributed by atoms with van der Waals surface area (Å²) in [5.41, 5.74) is 2.11. The molecule has 2 heterocycles. The van der Waals surface area contributed by atoms with Gasteiger partial charge in [-0.15, -0.1) is 0 Å². The average molecular weight is 241 g/mol. The van der Waals surface area contributed by atoms with Crippen LogP contribution in [0.2, 0.25) is 0 Å². The Kier molecular flexibility index (Phi) is 2.40. The van der Waals surface area contributed by atoms with Crippen LogP contribution >= 0.6 is 0 Å². The predicted molar refractivity (Wildman–Crippen MR) is 66.6 cm³/mol. The van der Waals surface area contributed by atoms with Gasteiger partial charge in [0.2, 0.25) is 5.95 Å². The lowest BCUT2D eigenvalue weighted by Crippen LogP contribution is -2.30. The molecule has 1 N–H and O–H groups in total. The van der Waals surface area contributed by atoms with E-state index in [1.54, 1.807) is 11.6 Å². The van der Waals surface area contributed by atoms with Gasteiger partial charge in [-0.2, -0.15) is 10.1 Å². The number of oxime groups is 1. The molecule has 1 aromatic carbocycles. The van der Waals surface area contributed by atoms with Crippen molar-refractivity contribution in [1.82, 2.24) is 14.8 Å². The van der Waals surface area contributed by atoms with Gasteiger partial charge in [0, 0.05) is 0 Å². The van der Waals surface area contributed by atoms with Crippen LogP contribution in [0.25, 0.3) is 0 Å². The SMILES string of the molecule is CC1=Nc2ncnn2C(c2ccccc2)/C1=N/O. The molecule has 1 atom stereocenters. The molecule has 0 radical (unpaired) electrons. The number of rotatable bonds is 1. The summed E-state index contributed by atoms with van der Waals surface area (Å²) in [5.74, 6) is 0.522. The fourth-order valence-corrected chi connectivity index (χ4v) is 2.09. The fraction of sp³-hybridized carbons (Fsp3) is 0.167. The van der Waals surface area contributed by atoms with Crippen molar-refractivity contribution < 1.29 is 5.21 Å². The molecular weight excluding hydrogens is 230 g/mol. The normalized spacial score (nSPS) is 20.6. The second kappa shape index (κ2) is 4.06. The van der Waals surface area contributed by atoms with Crippen molar-refractivity contribution in [3.05, 3.63) is 42.2 Å². The molecule has 1 unspecified atom stereocenters. The number of nitrogens with zero attached hydrogens (tertiary/aromatic N) is 5. The molecule has 6 nitrogen and oxygen atoms in total. The monoisotopic (exact) mass is 241 g/mol. The highest BCUT2D eigenvalue weighted by molar-refractivity contribution is 6.44. The van der Waals surface area contributed by atoms with Crippen LogP contribution in [0.5, 0.6) is 0 Å². The maximum atomic E-state index is 9.20. The van der Waals surface area contributed by atoms with Crippen molar-refractivity contribution in [2.45, 2.75) is 13.0 Å². The van der Waals surface area contributed by atoms with Crippen LogP contribution in [0.1, 0.15) is 18.5 Å².